The number of para-hydroxylation sites is 2. The summed E-state index contributed by atoms with van der Waals surface area (Å²) in [5, 5.41) is 3.47. The first kappa shape index (κ1) is 49.2. The van der Waals surface area contributed by atoms with Crippen LogP contribution in [0.4, 0.5) is 11.4 Å². The molecule has 6 rings (SSSR count). The summed E-state index contributed by atoms with van der Waals surface area (Å²) in [6.07, 6.45) is 0. The van der Waals surface area contributed by atoms with Crippen molar-refractivity contribution in [1.29, 1.82) is 0 Å². The SMILES string of the molecule is COC(=O)c1ccc(CN(c2ccccc2)S(=O)(=O)CCN2C[C@@H](C)N(C)[C@@H](C)C2)cc1.COC(=O)c1ccc(CN(c2ccccc2)S(=O)(=O)CCN2C[C@@H](C)N[C@@H](C)C2)cc1. The second kappa shape index (κ2) is 22.7. The Morgan fingerprint density at radius 3 is 1.27 bits per heavy atom. The number of ether oxygens (including phenoxy) is 2. The van der Waals surface area contributed by atoms with Gasteiger partial charge in [0, 0.05) is 63.4 Å². The highest BCUT2D eigenvalue weighted by atomic mass is 32.2. The van der Waals surface area contributed by atoms with E-state index in [-0.39, 0.29) is 24.6 Å². The number of piperazine rings is 2. The number of nitrogens with one attached hydrogen (secondary N) is 1. The van der Waals surface area contributed by atoms with Crippen molar-refractivity contribution in [2.24, 2.45) is 0 Å². The molecule has 63 heavy (non-hydrogen) atoms. The molecule has 2 aliphatic heterocycles. The van der Waals surface area contributed by atoms with Crippen LogP contribution in [0.2, 0.25) is 0 Å². The summed E-state index contributed by atoms with van der Waals surface area (Å²) in [5.41, 5.74) is 3.72. The molecule has 1 N–H and O–H groups in total. The number of benzene rings is 4. The van der Waals surface area contributed by atoms with Crippen LogP contribution < -0.4 is 13.9 Å². The van der Waals surface area contributed by atoms with Crippen LogP contribution in [-0.2, 0) is 42.6 Å². The molecular weight excluding hydrogens is 841 g/mol. The highest BCUT2D eigenvalue weighted by molar-refractivity contribution is 7.93. The van der Waals surface area contributed by atoms with Crippen molar-refractivity contribution >= 4 is 43.4 Å². The van der Waals surface area contributed by atoms with Crippen molar-refractivity contribution in [3.8, 4) is 0 Å². The minimum atomic E-state index is -3.57. The van der Waals surface area contributed by atoms with E-state index in [1.165, 1.54) is 22.8 Å². The Morgan fingerprint density at radius 2 is 0.921 bits per heavy atom. The van der Waals surface area contributed by atoms with Crippen LogP contribution >= 0.6 is 0 Å². The quantitative estimate of drug-likeness (QED) is 0.145. The predicted octanol–water partition coefficient (Wildman–Crippen LogP) is 5.33. The first-order valence-corrected chi connectivity index (χ1v) is 24.6. The highest BCUT2D eigenvalue weighted by Crippen LogP contribution is 2.24. The Hall–Kier alpha value is -4.84. The number of carbonyl (C=O) groups excluding carboxylic acids is 2. The van der Waals surface area contributed by atoms with Gasteiger partial charge in [0.15, 0.2) is 0 Å². The zero-order valence-electron chi connectivity index (χ0n) is 37.6. The van der Waals surface area contributed by atoms with Gasteiger partial charge in [0.2, 0.25) is 20.0 Å². The number of hydrogen-bond donors (Lipinski definition) is 1. The molecule has 342 valence electrons. The minimum Gasteiger partial charge on any atom is -0.465 e. The Balaban J connectivity index is 0.000000238. The Morgan fingerprint density at radius 1 is 0.571 bits per heavy atom. The molecule has 2 aliphatic rings. The van der Waals surface area contributed by atoms with Crippen LogP contribution in [0.1, 0.15) is 59.5 Å². The predicted molar refractivity (Wildman–Crippen MR) is 250 cm³/mol. The van der Waals surface area contributed by atoms with E-state index in [1.54, 1.807) is 72.8 Å². The number of carbonyl (C=O) groups is 2. The zero-order valence-corrected chi connectivity index (χ0v) is 39.2. The van der Waals surface area contributed by atoms with Gasteiger partial charge >= 0.3 is 11.9 Å². The molecule has 4 atom stereocenters. The minimum absolute atomic E-state index is 0.0432. The molecule has 14 nitrogen and oxygen atoms in total. The third-order valence-electron chi connectivity index (χ3n) is 11.6. The summed E-state index contributed by atoms with van der Waals surface area (Å²) < 4.78 is 66.0. The van der Waals surface area contributed by atoms with Gasteiger partial charge in [-0.15, -0.1) is 0 Å². The number of rotatable bonds is 16. The van der Waals surface area contributed by atoms with E-state index in [0.717, 1.165) is 37.3 Å². The average Bonchev–Trinajstić information content (AvgIpc) is 3.28. The molecule has 0 spiro atoms. The summed E-state index contributed by atoms with van der Waals surface area (Å²) in [5.74, 6) is -0.745. The normalized spacial score (nSPS) is 19.9. The van der Waals surface area contributed by atoms with E-state index in [2.05, 4.69) is 54.8 Å². The number of anilines is 2. The molecule has 2 heterocycles. The lowest BCUT2D eigenvalue weighted by molar-refractivity contribution is 0.0592. The molecular formula is C47H64N6O8S2. The van der Waals surface area contributed by atoms with Crippen molar-refractivity contribution in [2.75, 3.05) is 80.7 Å². The zero-order chi connectivity index (χ0) is 45.7. The first-order chi connectivity index (χ1) is 30.0. The molecule has 0 unspecified atom stereocenters. The van der Waals surface area contributed by atoms with Crippen LogP contribution in [0.3, 0.4) is 0 Å². The molecule has 0 aliphatic carbocycles. The lowest BCUT2D eigenvalue weighted by Crippen LogP contribution is -2.55. The third kappa shape index (κ3) is 14.1. The molecule has 0 saturated carbocycles. The van der Waals surface area contributed by atoms with E-state index in [9.17, 15) is 26.4 Å². The molecule has 2 fully saturated rings. The van der Waals surface area contributed by atoms with Gasteiger partial charge in [0.1, 0.15) is 0 Å². The summed E-state index contributed by atoms with van der Waals surface area (Å²) in [4.78, 5) is 30.1. The lowest BCUT2D eigenvalue weighted by Gasteiger charge is -2.42. The molecule has 0 aromatic heterocycles. The van der Waals surface area contributed by atoms with Gasteiger partial charge in [-0.25, -0.2) is 26.4 Å². The Labute approximate surface area is 374 Å². The van der Waals surface area contributed by atoms with Crippen LogP contribution in [0, 0.1) is 0 Å². The lowest BCUT2D eigenvalue weighted by atomic mass is 10.1. The second-order valence-corrected chi connectivity index (χ2v) is 20.6. The standard InChI is InChI=1S/C24H33N3O4S.C23H31N3O4S/c1-19-16-26(17-20(2)25(19)3)14-15-32(29,30)27(23-8-6-5-7-9-23)18-21-10-12-22(13-11-21)24(28)31-4;1-18-15-25(16-19(2)24-18)13-14-31(28,29)26(22-7-5-4-6-8-22)17-20-9-11-21(12-10-20)23(27)30-3/h5-13,19-20H,14-18H2,1-4H3;4-12,18-19,24H,13-17H2,1-3H3/t19-,20+;18-,19+. The fraction of sp³-hybridized carbons (Fsp3) is 0.447. The number of methoxy groups -OCH3 is 2. The molecule has 0 bridgehead atoms. The van der Waals surface area contributed by atoms with Gasteiger partial charge in [-0.1, -0.05) is 60.7 Å². The first-order valence-electron chi connectivity index (χ1n) is 21.4. The van der Waals surface area contributed by atoms with Crippen LogP contribution in [0.25, 0.3) is 0 Å². The maximum Gasteiger partial charge on any atom is 0.337 e. The molecule has 0 radical (unpaired) electrons. The highest BCUT2D eigenvalue weighted by Gasteiger charge is 2.30. The van der Waals surface area contributed by atoms with Gasteiger partial charge in [0.25, 0.3) is 0 Å². The van der Waals surface area contributed by atoms with Crippen molar-refractivity contribution in [3.63, 3.8) is 0 Å². The van der Waals surface area contributed by atoms with E-state index in [1.807, 2.05) is 36.4 Å². The van der Waals surface area contributed by atoms with Crippen LogP contribution in [-0.4, -0.2) is 140 Å². The van der Waals surface area contributed by atoms with Gasteiger partial charge in [-0.2, -0.15) is 0 Å². The van der Waals surface area contributed by atoms with E-state index in [0.29, 0.717) is 59.8 Å². The summed E-state index contributed by atoms with van der Waals surface area (Å²) in [7, 11) is -2.34. The molecule has 4 aromatic carbocycles. The van der Waals surface area contributed by atoms with Crippen molar-refractivity contribution in [2.45, 2.75) is 65.0 Å². The molecule has 4 aromatic rings. The van der Waals surface area contributed by atoms with Gasteiger partial charge in [-0.3, -0.25) is 23.3 Å². The number of likely N-dealkylation sites (N-methyl/N-ethyl adjacent to an activating group) is 1. The van der Waals surface area contributed by atoms with Gasteiger partial charge < -0.3 is 14.8 Å². The van der Waals surface area contributed by atoms with Gasteiger partial charge in [-0.05, 0) is 94.4 Å². The number of sulfonamides is 2. The van der Waals surface area contributed by atoms with Crippen LogP contribution in [0.15, 0.2) is 109 Å². The summed E-state index contributed by atoms with van der Waals surface area (Å²) >= 11 is 0. The largest absolute Gasteiger partial charge is 0.465 e. The van der Waals surface area contributed by atoms with E-state index in [4.69, 9.17) is 9.47 Å². The van der Waals surface area contributed by atoms with Crippen molar-refractivity contribution in [1.82, 2.24) is 20.0 Å². The second-order valence-electron chi connectivity index (χ2n) is 16.5. The van der Waals surface area contributed by atoms with Crippen LogP contribution in [0.5, 0.6) is 0 Å². The molecule has 2 saturated heterocycles. The van der Waals surface area contributed by atoms with Gasteiger partial charge in [0.05, 0.1) is 61.3 Å². The smallest absolute Gasteiger partial charge is 0.337 e. The van der Waals surface area contributed by atoms with E-state index >= 15 is 0 Å². The average molecular weight is 905 g/mol. The molecule has 16 heteroatoms. The Kier molecular flexibility index (Phi) is 17.7. The number of nitrogens with zero attached hydrogens (tertiary/aromatic N) is 5. The van der Waals surface area contributed by atoms with Crippen molar-refractivity contribution in [3.05, 3.63) is 131 Å². The van der Waals surface area contributed by atoms with E-state index < -0.39 is 32.0 Å². The number of hydrogen-bond acceptors (Lipinski definition) is 12. The third-order valence-corrected chi connectivity index (χ3v) is 15.0. The van der Waals surface area contributed by atoms with Crippen molar-refractivity contribution < 1.29 is 35.9 Å². The maximum atomic E-state index is 13.4. The summed E-state index contributed by atoms with van der Waals surface area (Å²) in [6.45, 7) is 13.3. The maximum absolute atomic E-state index is 13.4. The Bertz CT molecular complexity index is 2260. The fourth-order valence-corrected chi connectivity index (χ4v) is 11.0. The topological polar surface area (TPSA) is 149 Å². The summed E-state index contributed by atoms with van der Waals surface area (Å²) in [6, 6.07) is 33.4. The molecule has 0 amide bonds. The fourth-order valence-electron chi connectivity index (χ4n) is 7.98. The number of esters is 2. The monoisotopic (exact) mass is 904 g/mol.